The molecule has 2 atom stereocenters. The van der Waals surface area contributed by atoms with Crippen LogP contribution < -0.4 is 15.4 Å². The Morgan fingerprint density at radius 1 is 0.654 bits per heavy atom. The van der Waals surface area contributed by atoms with E-state index >= 15 is 0 Å². The summed E-state index contributed by atoms with van der Waals surface area (Å²) in [4.78, 5) is 0. The molecular weight excluding hydrogens is 641 g/mol. The number of phenolic OH excluding ortho intramolecular Hbond substituents is 1. The van der Waals surface area contributed by atoms with E-state index in [0.717, 1.165) is 76.8 Å². The van der Waals surface area contributed by atoms with E-state index < -0.39 is 0 Å². The number of fused-ring (bicyclic) bond motifs is 2. The second-order valence-corrected chi connectivity index (χ2v) is 18.5. The molecule has 5 heteroatoms. The number of nitrogens with one attached hydrogen (secondary N) is 2. The van der Waals surface area contributed by atoms with Gasteiger partial charge in [0.2, 0.25) is 0 Å². The first-order chi connectivity index (χ1) is 25.4. The third kappa shape index (κ3) is 5.40. The minimum Gasteiger partial charge on any atom is -0.508 e. The lowest BCUT2D eigenvalue weighted by molar-refractivity contribution is -0.0390. The predicted octanol–water partition coefficient (Wildman–Crippen LogP) is 10.5. The summed E-state index contributed by atoms with van der Waals surface area (Å²) < 4.78 is 11.9. The summed E-state index contributed by atoms with van der Waals surface area (Å²) in [7, 11) is 1.73. The largest absolute Gasteiger partial charge is 0.508 e. The molecule has 2 unspecified atom stereocenters. The number of benzene rings is 4. The van der Waals surface area contributed by atoms with Crippen LogP contribution >= 0.6 is 0 Å². The van der Waals surface area contributed by atoms with Gasteiger partial charge < -0.3 is 24.9 Å². The maximum Gasteiger partial charge on any atom is 0.135 e. The van der Waals surface area contributed by atoms with E-state index in [4.69, 9.17) is 9.15 Å². The van der Waals surface area contributed by atoms with Gasteiger partial charge in [0.1, 0.15) is 22.8 Å². The summed E-state index contributed by atoms with van der Waals surface area (Å²) in [6.07, 6.45) is 14.9. The van der Waals surface area contributed by atoms with Gasteiger partial charge in [-0.25, -0.2) is 0 Å². The zero-order valence-corrected chi connectivity index (χ0v) is 30.5. The normalized spacial score (nSPS) is 34.1. The van der Waals surface area contributed by atoms with Gasteiger partial charge in [-0.2, -0.15) is 0 Å². The van der Waals surface area contributed by atoms with Gasteiger partial charge in [-0.3, -0.25) is 0 Å². The van der Waals surface area contributed by atoms with Crippen LogP contribution in [0.5, 0.6) is 11.5 Å². The van der Waals surface area contributed by atoms with Gasteiger partial charge in [0.15, 0.2) is 0 Å². The second-order valence-electron chi connectivity index (χ2n) is 18.5. The number of rotatable bonds is 9. The summed E-state index contributed by atoms with van der Waals surface area (Å²) in [6, 6.07) is 28.5. The van der Waals surface area contributed by atoms with Crippen LogP contribution in [0.1, 0.15) is 93.2 Å². The molecule has 8 aliphatic carbocycles. The first kappa shape index (κ1) is 31.7. The zero-order chi connectivity index (χ0) is 34.6. The fraction of sp³-hybridized carbons (Fsp3) is 0.489. The van der Waals surface area contributed by atoms with E-state index in [1.807, 2.05) is 6.07 Å². The molecular formula is C47H52N2O3. The van der Waals surface area contributed by atoms with Crippen LogP contribution in [0, 0.1) is 35.5 Å². The van der Waals surface area contributed by atoms with Crippen molar-refractivity contribution in [2.45, 2.75) is 101 Å². The number of furan rings is 1. The number of hydrogen-bond donors (Lipinski definition) is 3. The molecule has 8 bridgehead atoms. The molecule has 5 nitrogen and oxygen atoms in total. The zero-order valence-electron chi connectivity index (χ0n) is 30.5. The molecule has 5 aromatic rings. The molecule has 0 radical (unpaired) electrons. The highest BCUT2D eigenvalue weighted by Gasteiger charge is 2.55. The monoisotopic (exact) mass is 692 g/mol. The summed E-state index contributed by atoms with van der Waals surface area (Å²) in [5.41, 5.74) is 6.27. The third-order valence-corrected chi connectivity index (χ3v) is 15.0. The smallest absolute Gasteiger partial charge is 0.135 e. The van der Waals surface area contributed by atoms with Crippen LogP contribution in [0.15, 0.2) is 83.3 Å². The Kier molecular flexibility index (Phi) is 7.23. The summed E-state index contributed by atoms with van der Waals surface area (Å²) in [5.74, 6) is 7.77. The SMILES string of the molecule is COc1ccc2cc(CNC34CC5CC(C3)C(c3ccc6oc(-c7ccc(CNC89CC%10CC(CC(C%10)C8)C9)c(O)c7)cc6c3)C(C5)C4)ccc2c1. The molecule has 3 N–H and O–H groups in total. The van der Waals surface area contributed by atoms with E-state index in [9.17, 15) is 5.11 Å². The summed E-state index contributed by atoms with van der Waals surface area (Å²) in [5, 5.41) is 22.9. The van der Waals surface area contributed by atoms with Gasteiger partial charge in [-0.05, 0) is 176 Å². The molecule has 0 amide bonds. The van der Waals surface area contributed by atoms with Crippen LogP contribution in [0.3, 0.4) is 0 Å². The van der Waals surface area contributed by atoms with Gasteiger partial charge in [-0.15, -0.1) is 0 Å². The van der Waals surface area contributed by atoms with E-state index in [0.29, 0.717) is 17.2 Å². The van der Waals surface area contributed by atoms with Crippen molar-refractivity contribution in [3.8, 4) is 22.8 Å². The number of hydrogen-bond acceptors (Lipinski definition) is 5. The lowest BCUT2D eigenvalue weighted by Gasteiger charge is -2.60. The van der Waals surface area contributed by atoms with Crippen molar-refractivity contribution in [1.82, 2.24) is 10.6 Å². The molecule has 0 spiro atoms. The van der Waals surface area contributed by atoms with E-state index in [-0.39, 0.29) is 5.54 Å². The Morgan fingerprint density at radius 2 is 1.33 bits per heavy atom. The Morgan fingerprint density at radius 3 is 2.06 bits per heavy atom. The Balaban J connectivity index is 0.779. The van der Waals surface area contributed by atoms with Crippen molar-refractivity contribution in [1.29, 1.82) is 0 Å². The Hall–Kier alpha value is -3.80. The van der Waals surface area contributed by atoms with Crippen molar-refractivity contribution in [3.63, 3.8) is 0 Å². The molecule has 1 aromatic heterocycles. The molecule has 52 heavy (non-hydrogen) atoms. The Labute approximate surface area is 307 Å². The minimum atomic E-state index is 0.258. The average molecular weight is 693 g/mol. The minimum absolute atomic E-state index is 0.258. The number of phenols is 1. The standard InChI is InChI=1S/C47H52N2O3/c1-51-41-8-6-33-13-28(2-3-34(33)17-41)26-48-47-23-32-14-39(24-47)45(40(15-32)25-47)36-7-9-43-38(16-36)19-44(52-43)35-4-5-37(42(50)18-35)27-49-46-20-29-10-30(21-46)12-31(11-29)22-46/h2-9,13,16-19,29-32,39-40,45,48-50H,10-12,14-15,20-27H2,1H3. The van der Waals surface area contributed by atoms with Crippen molar-refractivity contribution in [3.05, 3.63) is 95.6 Å². The molecule has 13 rings (SSSR count). The number of methoxy groups -OCH3 is 1. The van der Waals surface area contributed by atoms with Gasteiger partial charge in [0.05, 0.1) is 7.11 Å². The molecule has 8 aliphatic rings. The second kappa shape index (κ2) is 11.9. The van der Waals surface area contributed by atoms with E-state index in [1.54, 1.807) is 7.11 Å². The van der Waals surface area contributed by atoms with Crippen LogP contribution in [-0.4, -0.2) is 23.3 Å². The molecule has 0 saturated heterocycles. The highest BCUT2D eigenvalue weighted by atomic mass is 16.5. The van der Waals surface area contributed by atoms with Gasteiger partial charge in [0, 0.05) is 40.7 Å². The summed E-state index contributed by atoms with van der Waals surface area (Å²) in [6.45, 7) is 1.67. The van der Waals surface area contributed by atoms with Gasteiger partial charge in [-0.1, -0.05) is 36.4 Å². The highest BCUT2D eigenvalue weighted by Crippen LogP contribution is 2.61. The fourth-order valence-corrected chi connectivity index (χ4v) is 13.5. The first-order valence-corrected chi connectivity index (χ1v) is 20.3. The highest BCUT2D eigenvalue weighted by molar-refractivity contribution is 5.85. The molecule has 1 heterocycles. The number of aromatic hydroxyl groups is 1. The van der Waals surface area contributed by atoms with Crippen molar-refractivity contribution in [2.75, 3.05) is 7.11 Å². The first-order valence-electron chi connectivity index (χ1n) is 20.3. The fourth-order valence-electron chi connectivity index (χ4n) is 13.5. The average Bonchev–Trinajstić information content (AvgIpc) is 3.56. The number of ether oxygens (including phenoxy) is 1. The van der Waals surface area contributed by atoms with Crippen molar-refractivity contribution in [2.24, 2.45) is 35.5 Å². The van der Waals surface area contributed by atoms with Crippen LogP contribution in [0.25, 0.3) is 33.1 Å². The lowest BCUT2D eigenvalue weighted by atomic mass is 9.48. The lowest BCUT2D eigenvalue weighted by Crippen LogP contribution is -2.60. The van der Waals surface area contributed by atoms with E-state index in [2.05, 4.69) is 83.4 Å². The van der Waals surface area contributed by atoms with Gasteiger partial charge >= 0.3 is 0 Å². The Bertz CT molecular complexity index is 2130. The third-order valence-electron chi connectivity index (χ3n) is 15.0. The molecule has 8 saturated carbocycles. The van der Waals surface area contributed by atoms with Crippen LogP contribution in [0.2, 0.25) is 0 Å². The maximum absolute atomic E-state index is 11.2. The van der Waals surface area contributed by atoms with E-state index in [1.165, 1.54) is 97.9 Å². The van der Waals surface area contributed by atoms with Crippen LogP contribution in [0.4, 0.5) is 0 Å². The molecule has 4 aromatic carbocycles. The summed E-state index contributed by atoms with van der Waals surface area (Å²) >= 11 is 0. The van der Waals surface area contributed by atoms with Crippen molar-refractivity contribution >= 4 is 21.7 Å². The topological polar surface area (TPSA) is 66.7 Å². The molecule has 0 aliphatic heterocycles. The van der Waals surface area contributed by atoms with Crippen molar-refractivity contribution < 1.29 is 14.3 Å². The molecule has 8 fully saturated rings. The maximum atomic E-state index is 11.2. The predicted molar refractivity (Wildman–Crippen MR) is 207 cm³/mol. The van der Waals surface area contributed by atoms with Crippen LogP contribution in [-0.2, 0) is 13.1 Å². The quantitative estimate of drug-likeness (QED) is 0.144. The van der Waals surface area contributed by atoms with Gasteiger partial charge in [0.25, 0.3) is 0 Å². The molecule has 268 valence electrons.